The van der Waals surface area contributed by atoms with Crippen LogP contribution in [0.5, 0.6) is 0 Å². The topological polar surface area (TPSA) is 63.1 Å². The molecular weight excluding hydrogens is 302 g/mol. The van der Waals surface area contributed by atoms with Crippen LogP contribution >= 0.6 is 0 Å². The van der Waals surface area contributed by atoms with Crippen LogP contribution in [-0.4, -0.2) is 44.1 Å². The minimum Gasteiger partial charge on any atom is -0.333 e. The molecule has 0 aromatic carbocycles. The molecule has 0 radical (unpaired) electrons. The van der Waals surface area contributed by atoms with Gasteiger partial charge in [-0.15, -0.1) is 0 Å². The number of carbonyl (C=O) groups excluding carboxylic acids is 1. The molecule has 0 unspecified atom stereocenters. The molecule has 0 aliphatic carbocycles. The molecule has 1 aliphatic heterocycles. The van der Waals surface area contributed by atoms with Crippen LogP contribution in [0.1, 0.15) is 52.4 Å². The third-order valence-electron chi connectivity index (χ3n) is 4.29. The van der Waals surface area contributed by atoms with E-state index in [0.717, 1.165) is 42.8 Å². The van der Waals surface area contributed by atoms with E-state index in [9.17, 15) is 4.79 Å². The maximum Gasteiger partial charge on any atom is 0.317 e. The molecule has 1 aliphatic rings. The van der Waals surface area contributed by atoms with Crippen molar-refractivity contribution < 1.29 is 4.79 Å². The largest absolute Gasteiger partial charge is 0.333 e. The van der Waals surface area contributed by atoms with E-state index in [2.05, 4.69) is 21.8 Å². The first-order chi connectivity index (χ1) is 11.4. The molecule has 1 N–H and O–H groups in total. The normalized spacial score (nSPS) is 18.3. The Morgan fingerprint density at radius 2 is 2.21 bits per heavy atom. The number of fused-ring (bicyclic) bond motifs is 1. The summed E-state index contributed by atoms with van der Waals surface area (Å²) in [6.07, 6.45) is 4.73. The summed E-state index contributed by atoms with van der Waals surface area (Å²) in [5.41, 5.74) is 1.66. The first kappa shape index (κ1) is 16.7. The minimum absolute atomic E-state index is 0.0134. The predicted molar refractivity (Wildman–Crippen MR) is 95.0 cm³/mol. The van der Waals surface area contributed by atoms with E-state index < -0.39 is 0 Å². The number of aryl methyl sites for hydroxylation is 1. The van der Waals surface area contributed by atoms with Gasteiger partial charge in [0.05, 0.1) is 6.04 Å². The maximum absolute atomic E-state index is 12.4. The fourth-order valence-electron chi connectivity index (χ4n) is 3.30. The van der Waals surface area contributed by atoms with Crippen LogP contribution in [0.3, 0.4) is 0 Å². The lowest BCUT2D eigenvalue weighted by Gasteiger charge is -2.25. The first-order valence-corrected chi connectivity index (χ1v) is 8.78. The van der Waals surface area contributed by atoms with Crippen molar-refractivity contribution in [3.8, 4) is 0 Å². The van der Waals surface area contributed by atoms with Gasteiger partial charge in [-0.3, -0.25) is 0 Å². The van der Waals surface area contributed by atoms with Crippen LogP contribution < -0.4 is 5.32 Å². The zero-order valence-electron chi connectivity index (χ0n) is 15.0. The molecule has 130 valence electrons. The average molecular weight is 329 g/mol. The smallest absolute Gasteiger partial charge is 0.317 e. The third kappa shape index (κ3) is 3.37. The lowest BCUT2D eigenvalue weighted by atomic mass is 10.1. The molecule has 1 saturated heterocycles. The quantitative estimate of drug-likeness (QED) is 0.941. The second-order valence-electron chi connectivity index (χ2n) is 7.56. The van der Waals surface area contributed by atoms with E-state index in [1.165, 1.54) is 0 Å². The number of urea groups is 1. The summed E-state index contributed by atoms with van der Waals surface area (Å²) in [5.74, 6) is 1.08. The van der Waals surface area contributed by atoms with E-state index in [1.807, 2.05) is 44.0 Å². The molecule has 6 heteroatoms. The number of carbonyl (C=O) groups is 1. The predicted octanol–water partition coefficient (Wildman–Crippen LogP) is 3.14. The van der Waals surface area contributed by atoms with Crippen LogP contribution in [0, 0.1) is 0 Å². The second-order valence-corrected chi connectivity index (χ2v) is 7.56. The van der Waals surface area contributed by atoms with Crippen molar-refractivity contribution in [2.75, 3.05) is 13.1 Å². The van der Waals surface area contributed by atoms with Crippen LogP contribution in [0.4, 0.5) is 4.79 Å². The van der Waals surface area contributed by atoms with Gasteiger partial charge in [0.1, 0.15) is 11.3 Å². The van der Waals surface area contributed by atoms with Crippen molar-refractivity contribution in [3.63, 3.8) is 0 Å². The zero-order chi connectivity index (χ0) is 17.3. The van der Waals surface area contributed by atoms with Gasteiger partial charge < -0.3 is 14.8 Å². The van der Waals surface area contributed by atoms with Crippen LogP contribution in [0.25, 0.3) is 11.2 Å². The third-order valence-corrected chi connectivity index (χ3v) is 4.29. The minimum atomic E-state index is -0.216. The van der Waals surface area contributed by atoms with Crippen molar-refractivity contribution in [1.29, 1.82) is 0 Å². The molecule has 0 saturated carbocycles. The number of rotatable bonds is 3. The summed E-state index contributed by atoms with van der Waals surface area (Å²) >= 11 is 0. The number of imidazole rings is 1. The second kappa shape index (κ2) is 6.42. The zero-order valence-corrected chi connectivity index (χ0v) is 15.0. The number of hydrogen-bond acceptors (Lipinski definition) is 3. The SMILES string of the molecule is CCCc1nc2cccnc2n1[C@H]1CCN(C(=O)NC(C)(C)C)C1. The summed E-state index contributed by atoms with van der Waals surface area (Å²) in [5, 5.41) is 3.05. The van der Waals surface area contributed by atoms with Gasteiger partial charge in [0.25, 0.3) is 0 Å². The Balaban J connectivity index is 1.84. The van der Waals surface area contributed by atoms with Crippen LogP contribution in [0.15, 0.2) is 18.3 Å². The van der Waals surface area contributed by atoms with Crippen LogP contribution in [0.2, 0.25) is 0 Å². The van der Waals surface area contributed by atoms with Crippen molar-refractivity contribution in [2.45, 2.75) is 58.5 Å². The summed E-state index contributed by atoms with van der Waals surface area (Å²) in [6, 6.07) is 4.20. The first-order valence-electron chi connectivity index (χ1n) is 8.78. The molecule has 1 atom stereocenters. The van der Waals surface area contributed by atoms with Gasteiger partial charge in [0, 0.05) is 31.2 Å². The number of nitrogens with one attached hydrogen (secondary N) is 1. The Kier molecular flexibility index (Phi) is 4.47. The van der Waals surface area contributed by atoms with Crippen molar-refractivity contribution in [1.82, 2.24) is 24.8 Å². The Bertz CT molecular complexity index is 731. The Morgan fingerprint density at radius 1 is 1.42 bits per heavy atom. The number of aromatic nitrogens is 3. The molecule has 24 heavy (non-hydrogen) atoms. The summed E-state index contributed by atoms with van der Waals surface area (Å²) in [6.45, 7) is 9.65. The monoisotopic (exact) mass is 329 g/mol. The van der Waals surface area contributed by atoms with Crippen LogP contribution in [-0.2, 0) is 6.42 Å². The highest BCUT2D eigenvalue weighted by Gasteiger charge is 2.31. The molecule has 3 heterocycles. The van der Waals surface area contributed by atoms with Gasteiger partial charge in [-0.1, -0.05) is 6.92 Å². The molecule has 1 fully saturated rings. The summed E-state index contributed by atoms with van der Waals surface area (Å²) in [4.78, 5) is 23.6. The maximum atomic E-state index is 12.4. The highest BCUT2D eigenvalue weighted by molar-refractivity contribution is 5.75. The fourth-order valence-corrected chi connectivity index (χ4v) is 3.30. The van der Waals surface area contributed by atoms with Gasteiger partial charge in [0.2, 0.25) is 0 Å². The molecule has 3 rings (SSSR count). The Hall–Kier alpha value is -2.11. The van der Waals surface area contributed by atoms with Crippen molar-refractivity contribution in [3.05, 3.63) is 24.2 Å². The van der Waals surface area contributed by atoms with E-state index in [-0.39, 0.29) is 17.6 Å². The van der Waals surface area contributed by atoms with E-state index in [0.29, 0.717) is 6.54 Å². The van der Waals surface area contributed by atoms with Gasteiger partial charge in [-0.25, -0.2) is 14.8 Å². The van der Waals surface area contributed by atoms with Gasteiger partial charge in [-0.05, 0) is 45.7 Å². The lowest BCUT2D eigenvalue weighted by Crippen LogP contribution is -2.47. The average Bonchev–Trinajstić information content (AvgIpc) is 3.09. The Labute approximate surface area is 143 Å². The van der Waals surface area contributed by atoms with Crippen molar-refractivity contribution in [2.24, 2.45) is 0 Å². The highest BCUT2D eigenvalue weighted by Crippen LogP contribution is 2.28. The number of amides is 2. The molecule has 0 spiro atoms. The molecule has 6 nitrogen and oxygen atoms in total. The fraction of sp³-hybridized carbons (Fsp3) is 0.611. The molecular formula is C18H27N5O. The van der Waals surface area contributed by atoms with Gasteiger partial charge >= 0.3 is 6.03 Å². The number of pyridine rings is 1. The molecule has 2 aromatic heterocycles. The molecule has 0 bridgehead atoms. The van der Waals surface area contributed by atoms with Crippen molar-refractivity contribution >= 4 is 17.2 Å². The number of nitrogens with zero attached hydrogens (tertiary/aromatic N) is 4. The lowest BCUT2D eigenvalue weighted by molar-refractivity contribution is 0.197. The summed E-state index contributed by atoms with van der Waals surface area (Å²) < 4.78 is 2.25. The van der Waals surface area contributed by atoms with E-state index in [1.54, 1.807) is 0 Å². The molecule has 2 aromatic rings. The Morgan fingerprint density at radius 3 is 2.92 bits per heavy atom. The standard InChI is InChI=1S/C18H27N5O/c1-5-7-15-20-14-8-6-10-19-16(14)23(15)13-9-11-22(12-13)17(24)21-18(2,3)4/h6,8,10,13H,5,7,9,11-12H2,1-4H3,(H,21,24)/t13-/m0/s1. The highest BCUT2D eigenvalue weighted by atomic mass is 16.2. The number of hydrogen-bond donors (Lipinski definition) is 1. The van der Waals surface area contributed by atoms with Gasteiger partial charge in [-0.2, -0.15) is 0 Å². The van der Waals surface area contributed by atoms with E-state index >= 15 is 0 Å². The van der Waals surface area contributed by atoms with E-state index in [4.69, 9.17) is 4.98 Å². The van der Waals surface area contributed by atoms with Gasteiger partial charge in [0.15, 0.2) is 5.65 Å². The summed E-state index contributed by atoms with van der Waals surface area (Å²) in [7, 11) is 0. The molecule has 2 amide bonds. The number of likely N-dealkylation sites (tertiary alicyclic amines) is 1.